The Bertz CT molecular complexity index is 1600. The molecule has 0 fully saturated rings. The first-order valence-electron chi connectivity index (χ1n) is 12.1. The van der Waals surface area contributed by atoms with E-state index in [-0.39, 0.29) is 9.79 Å². The zero-order valence-electron chi connectivity index (χ0n) is 21.8. The molecular formula is C27H32N2O6S2. The van der Waals surface area contributed by atoms with Crippen LogP contribution in [0.25, 0.3) is 0 Å². The van der Waals surface area contributed by atoms with Crippen LogP contribution in [0, 0.1) is 0 Å². The molecule has 37 heavy (non-hydrogen) atoms. The molecule has 0 saturated heterocycles. The summed E-state index contributed by atoms with van der Waals surface area (Å²) >= 11 is 0. The van der Waals surface area contributed by atoms with Crippen molar-refractivity contribution in [2.75, 3.05) is 18.0 Å². The number of rotatable bonds is 6. The van der Waals surface area contributed by atoms with Crippen LogP contribution in [0.5, 0.6) is 0 Å². The van der Waals surface area contributed by atoms with Crippen molar-refractivity contribution in [2.24, 2.45) is 0 Å². The maximum Gasteiger partial charge on any atom is 0.294 e. The van der Waals surface area contributed by atoms with Gasteiger partial charge in [0.1, 0.15) is 16.7 Å². The molecule has 0 aliphatic carbocycles. The lowest BCUT2D eigenvalue weighted by Gasteiger charge is -2.25. The third-order valence-corrected chi connectivity index (χ3v) is 9.13. The minimum Gasteiger partial charge on any atom is -0.744 e. The van der Waals surface area contributed by atoms with Crippen molar-refractivity contribution in [3.8, 4) is 0 Å². The van der Waals surface area contributed by atoms with Gasteiger partial charge in [-0.1, -0.05) is 19.9 Å². The average Bonchev–Trinajstić information content (AvgIpc) is 3.15. The summed E-state index contributed by atoms with van der Waals surface area (Å²) in [6.45, 7) is 13.4. The van der Waals surface area contributed by atoms with Crippen LogP contribution in [0.1, 0.15) is 52.7 Å². The molecule has 0 aromatic heterocycles. The number of benzene rings is 2. The smallest absolute Gasteiger partial charge is 0.294 e. The minimum absolute atomic E-state index is 0.133. The van der Waals surface area contributed by atoms with Crippen molar-refractivity contribution < 1.29 is 30.5 Å². The first-order chi connectivity index (χ1) is 17.0. The zero-order valence-corrected chi connectivity index (χ0v) is 23.4. The van der Waals surface area contributed by atoms with Gasteiger partial charge in [-0.05, 0) is 69.7 Å². The lowest BCUT2D eigenvalue weighted by atomic mass is 9.81. The lowest BCUT2D eigenvalue weighted by molar-refractivity contribution is -0.433. The molecule has 2 aliphatic rings. The Kier molecular flexibility index (Phi) is 6.56. The Morgan fingerprint density at radius 3 is 2.14 bits per heavy atom. The van der Waals surface area contributed by atoms with Gasteiger partial charge in [0.15, 0.2) is 5.71 Å². The van der Waals surface area contributed by atoms with E-state index >= 15 is 0 Å². The molecule has 0 radical (unpaired) electrons. The van der Waals surface area contributed by atoms with E-state index in [1.165, 1.54) is 24.3 Å². The quantitative estimate of drug-likeness (QED) is 0.420. The van der Waals surface area contributed by atoms with Crippen LogP contribution in [0.4, 0.5) is 11.4 Å². The van der Waals surface area contributed by atoms with Gasteiger partial charge in [0.2, 0.25) is 5.69 Å². The summed E-state index contributed by atoms with van der Waals surface area (Å²) in [6, 6.07) is 9.18. The molecule has 0 saturated carbocycles. The molecule has 1 N–H and O–H groups in total. The predicted octanol–water partition coefficient (Wildman–Crippen LogP) is 4.49. The third kappa shape index (κ3) is 4.46. The van der Waals surface area contributed by atoms with Gasteiger partial charge < -0.3 is 9.45 Å². The second-order valence-corrected chi connectivity index (χ2v) is 13.1. The highest BCUT2D eigenvalue weighted by Gasteiger charge is 2.44. The van der Waals surface area contributed by atoms with Crippen LogP contribution in [0.15, 0.2) is 70.1 Å². The number of hydrogen-bond acceptors (Lipinski definition) is 6. The van der Waals surface area contributed by atoms with E-state index in [2.05, 4.69) is 9.48 Å². The highest BCUT2D eigenvalue weighted by atomic mass is 32.2. The fraction of sp³-hybridized carbons (Fsp3) is 0.370. The minimum atomic E-state index is -4.57. The maximum atomic E-state index is 11.7. The van der Waals surface area contributed by atoms with Crippen LogP contribution in [-0.2, 0) is 31.1 Å². The first kappa shape index (κ1) is 27.3. The maximum absolute atomic E-state index is 11.7. The van der Waals surface area contributed by atoms with E-state index in [0.717, 1.165) is 33.9 Å². The number of fused-ring (bicyclic) bond motifs is 2. The fourth-order valence-corrected chi connectivity index (χ4v) is 6.54. The third-order valence-electron chi connectivity index (χ3n) is 7.45. The lowest BCUT2D eigenvalue weighted by Crippen LogP contribution is -2.28. The second-order valence-electron chi connectivity index (χ2n) is 10.3. The van der Waals surface area contributed by atoms with Crippen molar-refractivity contribution in [2.45, 2.75) is 62.2 Å². The van der Waals surface area contributed by atoms with Gasteiger partial charge in [-0.2, -0.15) is 13.0 Å². The van der Waals surface area contributed by atoms with E-state index in [9.17, 15) is 25.9 Å². The summed E-state index contributed by atoms with van der Waals surface area (Å²) in [5.41, 5.74) is 4.24. The Morgan fingerprint density at radius 2 is 1.57 bits per heavy atom. The van der Waals surface area contributed by atoms with E-state index in [4.69, 9.17) is 0 Å². The molecule has 8 nitrogen and oxygen atoms in total. The Balaban J connectivity index is 1.77. The molecule has 0 amide bonds. The molecule has 198 valence electrons. The van der Waals surface area contributed by atoms with E-state index in [1.54, 1.807) is 12.1 Å². The monoisotopic (exact) mass is 544 g/mol. The van der Waals surface area contributed by atoms with Gasteiger partial charge in [-0.3, -0.25) is 4.55 Å². The summed E-state index contributed by atoms with van der Waals surface area (Å²) in [6.07, 6.45) is 5.95. The van der Waals surface area contributed by atoms with E-state index < -0.39 is 31.1 Å². The molecule has 4 rings (SSSR count). The standard InChI is InChI=1S/C27H32N2O6S2/c1-7-28-22-14-12-18(36(30,31)32)16-20(22)26(3,4)24(28)10-9-11-25-27(5,6)21-17-19(37(33,34)35)13-15-23(21)29(25)8-2/h9-17H,7-8H2,1-6H3,(H-,30,31,32,33,34,35). The van der Waals surface area contributed by atoms with E-state index in [0.29, 0.717) is 13.1 Å². The van der Waals surface area contributed by atoms with Crippen molar-refractivity contribution in [3.05, 3.63) is 71.5 Å². The molecule has 0 bridgehead atoms. The highest BCUT2D eigenvalue weighted by molar-refractivity contribution is 7.86. The highest BCUT2D eigenvalue weighted by Crippen LogP contribution is 2.48. The van der Waals surface area contributed by atoms with Crippen LogP contribution in [-0.4, -0.2) is 49.3 Å². The van der Waals surface area contributed by atoms with Gasteiger partial charge in [0, 0.05) is 41.1 Å². The number of allylic oxidation sites excluding steroid dienone is 4. The van der Waals surface area contributed by atoms with Crippen molar-refractivity contribution in [1.29, 1.82) is 0 Å². The molecule has 2 aromatic rings. The van der Waals surface area contributed by atoms with Crippen molar-refractivity contribution >= 4 is 37.3 Å². The summed E-state index contributed by atoms with van der Waals surface area (Å²) in [5, 5.41) is 0. The number of hydrogen-bond donors (Lipinski definition) is 1. The van der Waals surface area contributed by atoms with Gasteiger partial charge in [-0.15, -0.1) is 0 Å². The summed E-state index contributed by atoms with van der Waals surface area (Å²) in [4.78, 5) is 1.75. The fourth-order valence-electron chi connectivity index (χ4n) is 5.54. The molecule has 0 unspecified atom stereocenters. The topological polar surface area (TPSA) is 118 Å². The molecule has 0 atom stereocenters. The largest absolute Gasteiger partial charge is 0.744 e. The Labute approximate surface area is 219 Å². The molecule has 2 aromatic carbocycles. The summed E-state index contributed by atoms with van der Waals surface area (Å²) in [7, 11) is -8.89. The van der Waals surface area contributed by atoms with Gasteiger partial charge in [0.05, 0.1) is 15.2 Å². The number of likely N-dealkylation sites (N-methyl/N-ethyl adjacent to an activating group) is 1. The summed E-state index contributed by atoms with van der Waals surface area (Å²) < 4.78 is 70.0. The first-order valence-corrected chi connectivity index (χ1v) is 14.9. The Morgan fingerprint density at radius 1 is 0.946 bits per heavy atom. The van der Waals surface area contributed by atoms with Crippen LogP contribution >= 0.6 is 0 Å². The predicted molar refractivity (Wildman–Crippen MR) is 142 cm³/mol. The zero-order chi connectivity index (χ0) is 27.6. The van der Waals surface area contributed by atoms with Crippen molar-refractivity contribution in [3.63, 3.8) is 0 Å². The number of anilines is 1. The summed E-state index contributed by atoms with van der Waals surface area (Å²) in [5.74, 6) is 0. The number of nitrogens with zero attached hydrogens (tertiary/aromatic N) is 2. The molecule has 0 spiro atoms. The average molecular weight is 545 g/mol. The normalized spacial score (nSPS) is 19.7. The molecule has 2 heterocycles. The van der Waals surface area contributed by atoms with Gasteiger partial charge >= 0.3 is 0 Å². The van der Waals surface area contributed by atoms with Crippen molar-refractivity contribution in [1.82, 2.24) is 0 Å². The molecule has 2 aliphatic heterocycles. The van der Waals surface area contributed by atoms with E-state index in [1.807, 2.05) is 59.8 Å². The van der Waals surface area contributed by atoms with Gasteiger partial charge in [-0.25, -0.2) is 8.42 Å². The van der Waals surface area contributed by atoms with Crippen LogP contribution in [0.3, 0.4) is 0 Å². The van der Waals surface area contributed by atoms with Crippen LogP contribution in [0.2, 0.25) is 0 Å². The second kappa shape index (κ2) is 8.90. The Hall–Kier alpha value is -2.79. The van der Waals surface area contributed by atoms with Crippen LogP contribution < -0.4 is 4.90 Å². The molecular weight excluding hydrogens is 512 g/mol. The SMILES string of the molecule is CCN1C(=CC=CC2=[N+](CC)c3ccc(S(=O)(=O)[O-])cc3C2(C)C)C(C)(C)c2cc(S(=O)(=O)O)ccc21. The van der Waals surface area contributed by atoms with Gasteiger partial charge in [0.25, 0.3) is 10.1 Å². The molecule has 10 heteroatoms.